The molecule has 36 heavy (non-hydrogen) atoms. The van der Waals surface area contributed by atoms with Crippen molar-refractivity contribution in [1.82, 2.24) is 10.2 Å². The summed E-state index contributed by atoms with van der Waals surface area (Å²) in [4.78, 5) is 27.7. The number of hydrogen-bond acceptors (Lipinski definition) is 4. The van der Waals surface area contributed by atoms with Crippen molar-refractivity contribution < 1.29 is 18.0 Å². The molecule has 3 rings (SSSR count). The van der Waals surface area contributed by atoms with Crippen LogP contribution in [-0.2, 0) is 26.0 Å². The zero-order valence-electron chi connectivity index (χ0n) is 21.1. The number of carbonyl (C=O) groups excluding carboxylic acids is 2. The molecule has 0 radical (unpaired) electrons. The lowest BCUT2D eigenvalue weighted by molar-refractivity contribution is -0.138. The van der Waals surface area contributed by atoms with Crippen molar-refractivity contribution in [1.29, 1.82) is 0 Å². The normalized spacial score (nSPS) is 12.0. The fraction of sp³-hybridized carbons (Fsp3) is 0.286. The van der Waals surface area contributed by atoms with Crippen LogP contribution in [0.3, 0.4) is 0 Å². The maximum Gasteiger partial charge on any atom is 0.264 e. The minimum atomic E-state index is -4.05. The van der Waals surface area contributed by atoms with Crippen LogP contribution in [0.2, 0.25) is 0 Å². The molecule has 0 aromatic heterocycles. The highest BCUT2D eigenvalue weighted by Crippen LogP contribution is 2.26. The highest BCUT2D eigenvalue weighted by molar-refractivity contribution is 7.92. The predicted molar refractivity (Wildman–Crippen MR) is 142 cm³/mol. The molecule has 7 nitrogen and oxygen atoms in total. The number of sulfonamides is 1. The van der Waals surface area contributed by atoms with Crippen molar-refractivity contribution in [2.75, 3.05) is 24.4 Å². The molecule has 1 unspecified atom stereocenters. The molecule has 3 aromatic rings. The van der Waals surface area contributed by atoms with Crippen molar-refractivity contribution in [2.24, 2.45) is 0 Å². The quantitative estimate of drug-likeness (QED) is 0.453. The number of likely N-dealkylation sites (N-methyl/N-ethyl adjacent to an activating group) is 1. The topological polar surface area (TPSA) is 86.8 Å². The Morgan fingerprint density at radius 1 is 0.889 bits per heavy atom. The number of amides is 2. The average Bonchev–Trinajstić information content (AvgIpc) is 2.89. The van der Waals surface area contributed by atoms with Crippen LogP contribution >= 0.6 is 0 Å². The summed E-state index contributed by atoms with van der Waals surface area (Å²) in [5.74, 6) is -0.778. The van der Waals surface area contributed by atoms with E-state index in [4.69, 9.17) is 0 Å². The summed E-state index contributed by atoms with van der Waals surface area (Å²) in [6, 6.07) is 22.2. The molecule has 2 amide bonds. The zero-order valence-corrected chi connectivity index (χ0v) is 22.0. The van der Waals surface area contributed by atoms with Crippen molar-refractivity contribution in [3.63, 3.8) is 0 Å². The molecule has 0 aliphatic heterocycles. The van der Waals surface area contributed by atoms with Gasteiger partial charge < -0.3 is 10.2 Å². The van der Waals surface area contributed by atoms with Crippen LogP contribution in [0.25, 0.3) is 0 Å². The summed E-state index contributed by atoms with van der Waals surface area (Å²) in [6.45, 7) is 5.32. The van der Waals surface area contributed by atoms with Crippen molar-refractivity contribution in [2.45, 2.75) is 38.1 Å². The number of benzene rings is 3. The summed E-state index contributed by atoms with van der Waals surface area (Å²) in [6.07, 6.45) is 0.531. The molecule has 1 atom stereocenters. The molecular weight excluding hydrogens is 474 g/mol. The van der Waals surface area contributed by atoms with Gasteiger partial charge in [-0.1, -0.05) is 54.6 Å². The van der Waals surface area contributed by atoms with E-state index in [9.17, 15) is 18.0 Å². The lowest BCUT2D eigenvalue weighted by Gasteiger charge is -2.32. The van der Waals surface area contributed by atoms with E-state index in [2.05, 4.69) is 5.32 Å². The number of hydrogen-bond donors (Lipinski definition) is 1. The molecule has 0 fully saturated rings. The molecule has 0 aliphatic carbocycles. The summed E-state index contributed by atoms with van der Waals surface area (Å²) in [5, 5.41) is 2.59. The minimum absolute atomic E-state index is 0.0891. The second-order valence-corrected chi connectivity index (χ2v) is 10.6. The molecular formula is C28H33N3O4S. The average molecular weight is 508 g/mol. The van der Waals surface area contributed by atoms with Crippen molar-refractivity contribution >= 4 is 27.5 Å². The maximum absolute atomic E-state index is 13.7. The van der Waals surface area contributed by atoms with Crippen molar-refractivity contribution in [3.8, 4) is 0 Å². The summed E-state index contributed by atoms with van der Waals surface area (Å²) in [7, 11) is -2.53. The molecule has 0 spiro atoms. The Kier molecular flexibility index (Phi) is 8.88. The van der Waals surface area contributed by atoms with Gasteiger partial charge >= 0.3 is 0 Å². The Labute approximate surface area is 213 Å². The molecule has 190 valence electrons. The SMILES string of the molecule is CNC(=O)C(C)N(CCc1ccccc1)C(=O)CN(c1ccc(C)c(C)c1)S(=O)(=O)c1ccccc1. The zero-order chi connectivity index (χ0) is 26.3. The maximum atomic E-state index is 13.7. The Morgan fingerprint density at radius 3 is 2.08 bits per heavy atom. The fourth-order valence-corrected chi connectivity index (χ4v) is 5.34. The third-order valence-electron chi connectivity index (χ3n) is 6.29. The molecule has 0 heterocycles. The van der Waals surface area contributed by atoms with E-state index < -0.39 is 28.5 Å². The van der Waals surface area contributed by atoms with Crippen LogP contribution in [-0.4, -0.2) is 51.3 Å². The minimum Gasteiger partial charge on any atom is -0.357 e. The van der Waals surface area contributed by atoms with Gasteiger partial charge in [-0.05, 0) is 68.1 Å². The van der Waals surface area contributed by atoms with Gasteiger partial charge in [0.25, 0.3) is 10.0 Å². The molecule has 8 heteroatoms. The van der Waals surface area contributed by atoms with Gasteiger partial charge in [-0.15, -0.1) is 0 Å². The highest BCUT2D eigenvalue weighted by Gasteiger charge is 2.32. The van der Waals surface area contributed by atoms with Crippen LogP contribution in [0.4, 0.5) is 5.69 Å². The second kappa shape index (κ2) is 11.9. The van der Waals surface area contributed by atoms with E-state index in [1.165, 1.54) is 24.1 Å². The van der Waals surface area contributed by atoms with Gasteiger partial charge in [0, 0.05) is 13.6 Å². The molecule has 0 saturated heterocycles. The van der Waals surface area contributed by atoms with Crippen molar-refractivity contribution in [3.05, 3.63) is 95.6 Å². The first-order chi connectivity index (χ1) is 17.1. The Morgan fingerprint density at radius 2 is 1.50 bits per heavy atom. The Hall–Kier alpha value is -3.65. The number of nitrogens with one attached hydrogen (secondary N) is 1. The van der Waals surface area contributed by atoms with E-state index in [-0.39, 0.29) is 17.3 Å². The highest BCUT2D eigenvalue weighted by atomic mass is 32.2. The van der Waals surface area contributed by atoms with Gasteiger partial charge in [-0.2, -0.15) is 0 Å². The molecule has 0 saturated carbocycles. The number of nitrogens with zero attached hydrogens (tertiary/aromatic N) is 2. The lowest BCUT2D eigenvalue weighted by Crippen LogP contribution is -2.51. The van der Waals surface area contributed by atoms with Crippen LogP contribution in [0, 0.1) is 13.8 Å². The summed E-state index contributed by atoms with van der Waals surface area (Å²) >= 11 is 0. The van der Waals surface area contributed by atoms with E-state index in [1.807, 2.05) is 50.2 Å². The van der Waals surface area contributed by atoms with Crippen LogP contribution in [0.15, 0.2) is 83.8 Å². The third kappa shape index (κ3) is 6.31. The second-order valence-electron chi connectivity index (χ2n) is 8.71. The van der Waals surface area contributed by atoms with E-state index >= 15 is 0 Å². The largest absolute Gasteiger partial charge is 0.357 e. The van der Waals surface area contributed by atoms with Gasteiger partial charge in [0.2, 0.25) is 11.8 Å². The number of rotatable bonds is 10. The number of anilines is 1. The Balaban J connectivity index is 1.98. The first-order valence-corrected chi connectivity index (χ1v) is 13.3. The molecule has 0 aliphatic rings. The monoisotopic (exact) mass is 507 g/mol. The number of carbonyl (C=O) groups is 2. The molecule has 1 N–H and O–H groups in total. The first kappa shape index (κ1) is 26.9. The van der Waals surface area contributed by atoms with E-state index in [0.29, 0.717) is 12.1 Å². The first-order valence-electron chi connectivity index (χ1n) is 11.8. The van der Waals surface area contributed by atoms with Crippen LogP contribution in [0.1, 0.15) is 23.6 Å². The number of aryl methyl sites for hydroxylation is 2. The van der Waals surface area contributed by atoms with Crippen LogP contribution < -0.4 is 9.62 Å². The lowest BCUT2D eigenvalue weighted by atomic mass is 10.1. The fourth-order valence-electron chi connectivity index (χ4n) is 3.91. The Bertz CT molecular complexity index is 1290. The smallest absolute Gasteiger partial charge is 0.264 e. The van der Waals surface area contributed by atoms with Gasteiger partial charge in [0.15, 0.2) is 0 Å². The van der Waals surface area contributed by atoms with Gasteiger partial charge in [-0.3, -0.25) is 13.9 Å². The predicted octanol–water partition coefficient (Wildman–Crippen LogP) is 3.70. The summed E-state index contributed by atoms with van der Waals surface area (Å²) < 4.78 is 28.5. The molecule has 0 bridgehead atoms. The van der Waals surface area contributed by atoms with Gasteiger partial charge in [-0.25, -0.2) is 8.42 Å². The molecule has 3 aromatic carbocycles. The van der Waals surface area contributed by atoms with Gasteiger partial charge in [0.1, 0.15) is 12.6 Å². The van der Waals surface area contributed by atoms with Gasteiger partial charge in [0.05, 0.1) is 10.6 Å². The third-order valence-corrected chi connectivity index (χ3v) is 8.07. The van der Waals surface area contributed by atoms with E-state index in [1.54, 1.807) is 37.3 Å². The summed E-state index contributed by atoms with van der Waals surface area (Å²) in [5.41, 5.74) is 3.33. The standard InChI is InChI=1S/C28H33N3O4S/c1-21-15-16-25(19-22(21)2)31(36(34,35)26-13-9-6-10-14-26)20-27(32)30(23(3)28(33)29-4)18-17-24-11-7-5-8-12-24/h5-16,19,23H,17-18,20H2,1-4H3,(H,29,33). The van der Waals surface area contributed by atoms with E-state index in [0.717, 1.165) is 21.0 Å². The van der Waals surface area contributed by atoms with Crippen LogP contribution in [0.5, 0.6) is 0 Å².